The highest BCUT2D eigenvalue weighted by Gasteiger charge is 2.34. The summed E-state index contributed by atoms with van der Waals surface area (Å²) in [6.45, 7) is 2.98. The van der Waals surface area contributed by atoms with Crippen molar-refractivity contribution < 1.29 is 9.59 Å². The van der Waals surface area contributed by atoms with Gasteiger partial charge >= 0.3 is 0 Å². The van der Waals surface area contributed by atoms with Crippen LogP contribution in [0.1, 0.15) is 17.5 Å². The first-order valence-electron chi connectivity index (χ1n) is 9.41. The number of amides is 2. The third kappa shape index (κ3) is 3.76. The molecule has 1 aliphatic rings. The Morgan fingerprint density at radius 3 is 2.96 bits per heavy atom. The van der Waals surface area contributed by atoms with Crippen molar-refractivity contribution in [1.82, 2.24) is 9.88 Å². The van der Waals surface area contributed by atoms with Gasteiger partial charge in [0, 0.05) is 47.3 Å². The van der Waals surface area contributed by atoms with Crippen LogP contribution in [0.15, 0.2) is 48.7 Å². The Labute approximate surface area is 168 Å². The molecule has 1 fully saturated rings. The first-order chi connectivity index (χ1) is 13.5. The minimum Gasteiger partial charge on any atom is -0.361 e. The number of hydrogen-bond acceptors (Lipinski definition) is 2. The third-order valence-corrected chi connectivity index (χ3v) is 5.60. The lowest BCUT2D eigenvalue weighted by Gasteiger charge is -2.17. The highest BCUT2D eigenvalue weighted by molar-refractivity contribution is 6.31. The molecular formula is C22H22ClN3O2. The second kappa shape index (κ2) is 7.68. The number of H-pyrrole nitrogens is 1. The minimum absolute atomic E-state index is 0.0304. The Kier molecular flexibility index (Phi) is 5.09. The van der Waals surface area contributed by atoms with Crippen LogP contribution in [-0.4, -0.2) is 34.8 Å². The summed E-state index contributed by atoms with van der Waals surface area (Å²) in [6, 6.07) is 13.5. The number of fused-ring (bicyclic) bond motifs is 1. The number of para-hydroxylation sites is 1. The number of benzene rings is 2. The molecule has 2 aromatic carbocycles. The van der Waals surface area contributed by atoms with Gasteiger partial charge in [-0.2, -0.15) is 0 Å². The molecule has 1 atom stereocenters. The number of likely N-dealkylation sites (tertiary alicyclic amines) is 1. The number of aryl methyl sites for hydroxylation is 1. The van der Waals surface area contributed by atoms with Crippen molar-refractivity contribution in [2.75, 3.05) is 18.4 Å². The monoisotopic (exact) mass is 395 g/mol. The van der Waals surface area contributed by atoms with E-state index in [9.17, 15) is 9.59 Å². The van der Waals surface area contributed by atoms with Crippen molar-refractivity contribution in [3.8, 4) is 0 Å². The number of anilines is 1. The molecular weight excluding hydrogens is 374 g/mol. The largest absolute Gasteiger partial charge is 0.361 e. The maximum atomic E-state index is 12.6. The van der Waals surface area contributed by atoms with E-state index in [1.807, 2.05) is 37.4 Å². The van der Waals surface area contributed by atoms with Crippen LogP contribution in [0.2, 0.25) is 5.02 Å². The summed E-state index contributed by atoms with van der Waals surface area (Å²) in [7, 11) is 0. The molecule has 1 aromatic heterocycles. The van der Waals surface area contributed by atoms with Gasteiger partial charge in [0.2, 0.25) is 11.8 Å². The first-order valence-corrected chi connectivity index (χ1v) is 9.79. The van der Waals surface area contributed by atoms with Crippen LogP contribution in [0.5, 0.6) is 0 Å². The Hall–Kier alpha value is -2.79. The van der Waals surface area contributed by atoms with E-state index < -0.39 is 0 Å². The summed E-state index contributed by atoms with van der Waals surface area (Å²) < 4.78 is 0. The van der Waals surface area contributed by atoms with Crippen LogP contribution in [0.3, 0.4) is 0 Å². The van der Waals surface area contributed by atoms with Crippen LogP contribution >= 0.6 is 11.6 Å². The Balaban J connectivity index is 1.38. The fourth-order valence-electron chi connectivity index (χ4n) is 3.72. The Bertz CT molecular complexity index is 1040. The van der Waals surface area contributed by atoms with E-state index in [1.54, 1.807) is 17.0 Å². The first kappa shape index (κ1) is 18.6. The van der Waals surface area contributed by atoms with E-state index in [0.29, 0.717) is 23.8 Å². The summed E-state index contributed by atoms with van der Waals surface area (Å²) in [5, 5.41) is 4.67. The van der Waals surface area contributed by atoms with E-state index in [1.165, 1.54) is 10.9 Å². The molecule has 1 aliphatic heterocycles. The van der Waals surface area contributed by atoms with E-state index in [2.05, 4.69) is 16.4 Å². The number of hydrogen-bond donors (Lipinski definition) is 2. The van der Waals surface area contributed by atoms with Crippen LogP contribution in [0, 0.1) is 12.8 Å². The third-order valence-electron chi connectivity index (χ3n) is 5.37. The van der Waals surface area contributed by atoms with Crippen molar-refractivity contribution in [3.63, 3.8) is 0 Å². The lowest BCUT2D eigenvalue weighted by atomic mass is 10.1. The SMILES string of the molecule is Cc1ccc(Cl)cc1NC(=O)C1CC(=O)N(CCc2c[nH]c3ccccc23)C1. The van der Waals surface area contributed by atoms with Crippen molar-refractivity contribution in [1.29, 1.82) is 0 Å². The fraction of sp³-hybridized carbons (Fsp3) is 0.273. The van der Waals surface area contributed by atoms with Gasteiger partial charge in [-0.05, 0) is 42.7 Å². The topological polar surface area (TPSA) is 65.2 Å². The normalized spacial score (nSPS) is 16.7. The standard InChI is InChI=1S/C22H22ClN3O2/c1-14-6-7-17(23)11-20(14)25-22(28)16-10-21(27)26(13-16)9-8-15-12-24-19-5-3-2-4-18(15)19/h2-7,11-12,16,24H,8-10,13H2,1H3,(H,25,28). The molecule has 144 valence electrons. The van der Waals surface area contributed by atoms with Gasteiger partial charge in [-0.1, -0.05) is 35.9 Å². The van der Waals surface area contributed by atoms with Crippen LogP contribution in [0.4, 0.5) is 5.69 Å². The molecule has 0 saturated carbocycles. The Morgan fingerprint density at radius 2 is 2.11 bits per heavy atom. The highest BCUT2D eigenvalue weighted by atomic mass is 35.5. The number of halogens is 1. The van der Waals surface area contributed by atoms with Gasteiger partial charge in [0.15, 0.2) is 0 Å². The van der Waals surface area contributed by atoms with Gasteiger partial charge in [0.25, 0.3) is 0 Å². The molecule has 28 heavy (non-hydrogen) atoms. The number of aromatic amines is 1. The van der Waals surface area contributed by atoms with Gasteiger partial charge < -0.3 is 15.2 Å². The minimum atomic E-state index is -0.339. The summed E-state index contributed by atoms with van der Waals surface area (Å²) in [5.74, 6) is -0.440. The highest BCUT2D eigenvalue weighted by Crippen LogP contribution is 2.25. The zero-order valence-electron chi connectivity index (χ0n) is 15.7. The van der Waals surface area contributed by atoms with Crippen molar-refractivity contribution in [3.05, 3.63) is 64.8 Å². The van der Waals surface area contributed by atoms with Crippen LogP contribution in [0.25, 0.3) is 10.9 Å². The quantitative estimate of drug-likeness (QED) is 0.681. The molecule has 2 N–H and O–H groups in total. The maximum Gasteiger partial charge on any atom is 0.229 e. The number of carbonyl (C=O) groups excluding carboxylic acids is 2. The molecule has 0 radical (unpaired) electrons. The molecule has 2 heterocycles. The fourth-order valence-corrected chi connectivity index (χ4v) is 3.89. The van der Waals surface area contributed by atoms with E-state index in [0.717, 1.165) is 17.5 Å². The molecule has 5 nitrogen and oxygen atoms in total. The lowest BCUT2D eigenvalue weighted by molar-refractivity contribution is -0.128. The molecule has 3 aromatic rings. The van der Waals surface area contributed by atoms with Gasteiger partial charge in [0.1, 0.15) is 0 Å². The maximum absolute atomic E-state index is 12.6. The summed E-state index contributed by atoms with van der Waals surface area (Å²) in [6.07, 6.45) is 3.01. The van der Waals surface area contributed by atoms with E-state index >= 15 is 0 Å². The molecule has 1 unspecified atom stereocenters. The molecule has 1 saturated heterocycles. The van der Waals surface area contributed by atoms with Gasteiger partial charge in [-0.15, -0.1) is 0 Å². The summed E-state index contributed by atoms with van der Waals surface area (Å²) in [4.78, 5) is 30.1. The van der Waals surface area contributed by atoms with E-state index in [-0.39, 0.29) is 24.2 Å². The van der Waals surface area contributed by atoms with E-state index in [4.69, 9.17) is 11.6 Å². The molecule has 6 heteroatoms. The average Bonchev–Trinajstić information content (AvgIpc) is 3.26. The molecule has 0 spiro atoms. The number of nitrogens with zero attached hydrogens (tertiary/aromatic N) is 1. The van der Waals surface area contributed by atoms with Gasteiger partial charge in [-0.25, -0.2) is 0 Å². The molecule has 4 rings (SSSR count). The number of rotatable bonds is 5. The van der Waals surface area contributed by atoms with Gasteiger partial charge in [0.05, 0.1) is 5.92 Å². The zero-order chi connectivity index (χ0) is 19.7. The molecule has 0 aliphatic carbocycles. The number of carbonyl (C=O) groups is 2. The molecule has 0 bridgehead atoms. The summed E-state index contributed by atoms with van der Waals surface area (Å²) >= 11 is 6.02. The predicted octanol–water partition coefficient (Wildman–Crippen LogP) is 4.16. The number of aromatic nitrogens is 1. The average molecular weight is 396 g/mol. The summed E-state index contributed by atoms with van der Waals surface area (Å²) in [5.41, 5.74) is 3.92. The van der Waals surface area contributed by atoms with Crippen molar-refractivity contribution in [2.45, 2.75) is 19.8 Å². The number of nitrogens with one attached hydrogen (secondary N) is 2. The van der Waals surface area contributed by atoms with Crippen molar-refractivity contribution >= 4 is 40.0 Å². The Morgan fingerprint density at radius 1 is 1.29 bits per heavy atom. The van der Waals surface area contributed by atoms with Crippen LogP contribution in [-0.2, 0) is 16.0 Å². The lowest BCUT2D eigenvalue weighted by Crippen LogP contribution is -2.30. The smallest absolute Gasteiger partial charge is 0.229 e. The second-order valence-electron chi connectivity index (χ2n) is 7.30. The second-order valence-corrected chi connectivity index (χ2v) is 7.74. The predicted molar refractivity (Wildman–Crippen MR) is 112 cm³/mol. The van der Waals surface area contributed by atoms with Crippen molar-refractivity contribution in [2.24, 2.45) is 5.92 Å². The van der Waals surface area contributed by atoms with Crippen LogP contribution < -0.4 is 5.32 Å². The molecule has 2 amide bonds. The van der Waals surface area contributed by atoms with Gasteiger partial charge in [-0.3, -0.25) is 9.59 Å². The zero-order valence-corrected chi connectivity index (χ0v) is 16.4.